The van der Waals surface area contributed by atoms with Crippen LogP contribution in [0.1, 0.15) is 6.92 Å². The van der Waals surface area contributed by atoms with Crippen molar-refractivity contribution in [3.63, 3.8) is 0 Å². The number of carbonyl (C=O) groups is 1. The SMILES string of the molecule is CCOP(=O)([O-])N1CCOC1=O.[Li+]. The Balaban J connectivity index is 0.00000144. The molecule has 0 N–H and O–H groups in total. The molecule has 1 aliphatic rings. The van der Waals surface area contributed by atoms with Gasteiger partial charge in [-0.15, -0.1) is 0 Å². The van der Waals surface area contributed by atoms with Crippen molar-refractivity contribution in [1.29, 1.82) is 0 Å². The molecule has 1 unspecified atom stereocenters. The van der Waals surface area contributed by atoms with Crippen molar-refractivity contribution in [1.82, 2.24) is 4.67 Å². The number of hydrogen-bond donors (Lipinski definition) is 0. The quantitative estimate of drug-likeness (QED) is 0.358. The Morgan fingerprint density at radius 3 is 2.77 bits per heavy atom. The summed E-state index contributed by atoms with van der Waals surface area (Å²) in [5, 5.41) is 0. The van der Waals surface area contributed by atoms with E-state index >= 15 is 0 Å². The molecule has 0 radical (unpaired) electrons. The van der Waals surface area contributed by atoms with E-state index in [4.69, 9.17) is 0 Å². The molecule has 0 aromatic rings. The summed E-state index contributed by atoms with van der Waals surface area (Å²) in [7, 11) is -4.19. The zero-order valence-corrected chi connectivity index (χ0v) is 8.45. The summed E-state index contributed by atoms with van der Waals surface area (Å²) >= 11 is 0. The van der Waals surface area contributed by atoms with Gasteiger partial charge in [0.05, 0.1) is 13.2 Å². The molecule has 0 aromatic heterocycles. The molecule has 1 saturated heterocycles. The largest absolute Gasteiger partial charge is 1.00 e. The Labute approximate surface area is 88.0 Å². The molecule has 1 atom stereocenters. The van der Waals surface area contributed by atoms with Gasteiger partial charge in [0.2, 0.25) is 7.75 Å². The van der Waals surface area contributed by atoms with E-state index in [0.717, 1.165) is 0 Å². The summed E-state index contributed by atoms with van der Waals surface area (Å²) in [6, 6.07) is 0. The summed E-state index contributed by atoms with van der Waals surface area (Å²) in [5.41, 5.74) is 0. The van der Waals surface area contributed by atoms with Gasteiger partial charge in [-0.2, -0.15) is 0 Å². The summed E-state index contributed by atoms with van der Waals surface area (Å²) in [6.45, 7) is 1.69. The molecule has 0 spiro atoms. The third-order valence-electron chi connectivity index (χ3n) is 1.33. The number of rotatable bonds is 3. The van der Waals surface area contributed by atoms with Gasteiger partial charge in [0, 0.05) is 0 Å². The molecule has 1 heterocycles. The van der Waals surface area contributed by atoms with E-state index in [1.807, 2.05) is 0 Å². The molecule has 0 bridgehead atoms. The maximum absolute atomic E-state index is 11.1. The van der Waals surface area contributed by atoms with Crippen molar-refractivity contribution >= 4 is 13.8 Å². The fourth-order valence-electron chi connectivity index (χ4n) is 0.841. The van der Waals surface area contributed by atoms with Gasteiger partial charge in [-0.1, -0.05) is 0 Å². The van der Waals surface area contributed by atoms with Crippen LogP contribution < -0.4 is 23.8 Å². The van der Waals surface area contributed by atoms with Gasteiger partial charge < -0.3 is 14.2 Å². The van der Waals surface area contributed by atoms with Gasteiger partial charge in [0.25, 0.3) is 0 Å². The van der Waals surface area contributed by atoms with Gasteiger partial charge in [-0.25, -0.2) is 9.46 Å². The van der Waals surface area contributed by atoms with Crippen LogP contribution in [0.4, 0.5) is 4.79 Å². The van der Waals surface area contributed by atoms with Crippen LogP contribution in [0.25, 0.3) is 0 Å². The molecule has 70 valence electrons. The summed E-state index contributed by atoms with van der Waals surface area (Å²) in [6.07, 6.45) is -0.859. The molecule has 8 heteroatoms. The van der Waals surface area contributed by atoms with Gasteiger partial charge in [0.15, 0.2) is 0 Å². The van der Waals surface area contributed by atoms with E-state index in [1.165, 1.54) is 6.92 Å². The van der Waals surface area contributed by atoms with Gasteiger partial charge in [0.1, 0.15) is 6.61 Å². The maximum Gasteiger partial charge on any atom is 1.00 e. The number of hydrogen-bond acceptors (Lipinski definition) is 5. The topological polar surface area (TPSA) is 78.9 Å². The third-order valence-corrected chi connectivity index (χ3v) is 2.87. The van der Waals surface area contributed by atoms with Crippen molar-refractivity contribution in [3.8, 4) is 0 Å². The minimum absolute atomic E-state index is 0. The Hall–Kier alpha value is 0.0174. The first-order chi connectivity index (χ1) is 5.58. The third kappa shape index (κ3) is 3.01. The van der Waals surface area contributed by atoms with E-state index in [-0.39, 0.29) is 38.6 Å². The number of ether oxygens (including phenoxy) is 1. The minimum Gasteiger partial charge on any atom is -0.761 e. The first kappa shape index (κ1) is 13.0. The van der Waals surface area contributed by atoms with Gasteiger partial charge in [-0.3, -0.25) is 4.57 Å². The van der Waals surface area contributed by atoms with E-state index in [2.05, 4.69) is 9.26 Å². The normalized spacial score (nSPS) is 20.5. The molecule has 1 amide bonds. The van der Waals surface area contributed by atoms with Crippen LogP contribution in [0.3, 0.4) is 0 Å². The molecular formula is C5H9LiNO5P. The standard InChI is InChI=1S/C5H10NO5P.Li/c1-2-11-12(8,9)6-3-4-10-5(6)7;/h2-4H2,1H3,(H,8,9);/q;+1/p-1. The molecule has 1 aliphatic heterocycles. The van der Waals surface area contributed by atoms with Crippen molar-refractivity contribution < 1.29 is 42.4 Å². The van der Waals surface area contributed by atoms with Crippen molar-refractivity contribution in [2.75, 3.05) is 19.8 Å². The fourth-order valence-corrected chi connectivity index (χ4v) is 1.89. The zero-order chi connectivity index (χ0) is 9.19. The van der Waals surface area contributed by atoms with Crippen molar-refractivity contribution in [2.24, 2.45) is 0 Å². The smallest absolute Gasteiger partial charge is 0.761 e. The second-order valence-corrected chi connectivity index (χ2v) is 3.80. The first-order valence-corrected chi connectivity index (χ1v) is 4.98. The number of carbonyl (C=O) groups excluding carboxylic acids is 1. The van der Waals surface area contributed by atoms with Crippen LogP contribution in [-0.4, -0.2) is 30.5 Å². The zero-order valence-electron chi connectivity index (χ0n) is 7.56. The summed E-state index contributed by atoms with van der Waals surface area (Å²) in [5.74, 6) is 0. The number of cyclic esters (lactones) is 1. The molecule has 0 aromatic carbocycles. The predicted octanol–water partition coefficient (Wildman–Crippen LogP) is -3.05. The second-order valence-electron chi connectivity index (χ2n) is 2.12. The van der Waals surface area contributed by atoms with E-state index in [0.29, 0.717) is 4.67 Å². The van der Waals surface area contributed by atoms with Crippen LogP contribution in [0.2, 0.25) is 0 Å². The molecule has 1 fully saturated rings. The van der Waals surface area contributed by atoms with E-state index in [1.54, 1.807) is 0 Å². The minimum atomic E-state index is -4.19. The van der Waals surface area contributed by atoms with Crippen LogP contribution >= 0.6 is 7.75 Å². The molecule has 6 nitrogen and oxygen atoms in total. The Morgan fingerprint density at radius 2 is 2.38 bits per heavy atom. The predicted molar refractivity (Wildman–Crippen MR) is 37.3 cm³/mol. The summed E-state index contributed by atoms with van der Waals surface area (Å²) in [4.78, 5) is 21.8. The monoisotopic (exact) mass is 201 g/mol. The van der Waals surface area contributed by atoms with E-state index < -0.39 is 13.8 Å². The average Bonchev–Trinajstić information content (AvgIpc) is 2.35. The molecule has 13 heavy (non-hydrogen) atoms. The van der Waals surface area contributed by atoms with Gasteiger partial charge >= 0.3 is 25.0 Å². The molecule has 0 aliphatic carbocycles. The van der Waals surface area contributed by atoms with Crippen LogP contribution in [0, 0.1) is 0 Å². The van der Waals surface area contributed by atoms with Crippen molar-refractivity contribution in [2.45, 2.75) is 6.92 Å². The first-order valence-electron chi connectivity index (χ1n) is 3.48. The Kier molecular flexibility index (Phi) is 5.04. The van der Waals surface area contributed by atoms with E-state index in [9.17, 15) is 14.3 Å². The molecular weight excluding hydrogens is 192 g/mol. The fraction of sp³-hybridized carbons (Fsp3) is 0.800. The molecule has 1 rings (SSSR count). The van der Waals surface area contributed by atoms with Crippen LogP contribution in [0.5, 0.6) is 0 Å². The van der Waals surface area contributed by atoms with Gasteiger partial charge in [-0.05, 0) is 6.92 Å². The second kappa shape index (κ2) is 5.04. The van der Waals surface area contributed by atoms with Crippen LogP contribution in [-0.2, 0) is 13.8 Å². The number of nitrogens with zero attached hydrogens (tertiary/aromatic N) is 1. The maximum atomic E-state index is 11.1. The number of amides is 1. The average molecular weight is 201 g/mol. The van der Waals surface area contributed by atoms with Crippen LogP contribution in [0.15, 0.2) is 0 Å². The van der Waals surface area contributed by atoms with Crippen molar-refractivity contribution in [3.05, 3.63) is 0 Å². The summed E-state index contributed by atoms with van der Waals surface area (Å²) < 4.78 is 20.5. The Morgan fingerprint density at radius 1 is 1.77 bits per heavy atom. The Bertz CT molecular complexity index is 235. The molecule has 0 saturated carbocycles.